The molecule has 0 spiro atoms. The molecule has 0 saturated carbocycles. The minimum atomic E-state index is -0.919. The van der Waals surface area contributed by atoms with Crippen LogP contribution in [0.5, 0.6) is 0 Å². The molecular formula is C18H15N3O5. The Kier molecular flexibility index (Phi) is 4.40. The molecule has 0 aliphatic rings. The molecule has 1 aromatic heterocycles. The summed E-state index contributed by atoms with van der Waals surface area (Å²) in [5.41, 5.74) is 3.85. The third-order valence-electron chi connectivity index (χ3n) is 3.97. The molecule has 0 bridgehead atoms. The molecule has 3 N–H and O–H groups in total. The van der Waals surface area contributed by atoms with Gasteiger partial charge in [-0.05, 0) is 22.9 Å². The third-order valence-corrected chi connectivity index (χ3v) is 3.97. The van der Waals surface area contributed by atoms with Crippen LogP contribution >= 0.6 is 0 Å². The maximum atomic E-state index is 12.2. The molecule has 0 aliphatic carbocycles. The minimum absolute atomic E-state index is 0.277. The van der Waals surface area contributed by atoms with Gasteiger partial charge in [0, 0.05) is 7.05 Å². The second-order valence-electron chi connectivity index (χ2n) is 5.64. The summed E-state index contributed by atoms with van der Waals surface area (Å²) in [4.78, 5) is 49.6. The first-order chi connectivity index (χ1) is 12.4. The first kappa shape index (κ1) is 17.2. The van der Waals surface area contributed by atoms with E-state index in [1.165, 1.54) is 7.05 Å². The van der Waals surface area contributed by atoms with Gasteiger partial charge in [0.1, 0.15) is 11.4 Å². The molecule has 26 heavy (non-hydrogen) atoms. The SMILES string of the molecule is Cn1c(N)c(C(=O)COC(=O)c2ccc3ccccc3c2)c(=O)[nH]c1=O. The lowest BCUT2D eigenvalue weighted by Gasteiger charge is -2.08. The zero-order valence-electron chi connectivity index (χ0n) is 13.8. The van der Waals surface area contributed by atoms with E-state index < -0.39 is 35.2 Å². The smallest absolute Gasteiger partial charge is 0.338 e. The van der Waals surface area contributed by atoms with Crippen LogP contribution in [0.1, 0.15) is 20.7 Å². The summed E-state index contributed by atoms with van der Waals surface area (Å²) in [7, 11) is 1.31. The van der Waals surface area contributed by atoms with Crippen LogP contribution < -0.4 is 17.0 Å². The second kappa shape index (κ2) is 6.67. The van der Waals surface area contributed by atoms with Gasteiger partial charge in [0.2, 0.25) is 5.78 Å². The molecular weight excluding hydrogens is 338 g/mol. The predicted molar refractivity (Wildman–Crippen MR) is 95.3 cm³/mol. The first-order valence-electron chi connectivity index (χ1n) is 7.66. The fourth-order valence-corrected chi connectivity index (χ4v) is 2.51. The highest BCUT2D eigenvalue weighted by Crippen LogP contribution is 2.16. The Labute approximate surface area is 146 Å². The summed E-state index contributed by atoms with van der Waals surface area (Å²) in [6, 6.07) is 12.5. The number of ether oxygens (including phenoxy) is 1. The predicted octanol–water partition coefficient (Wildman–Crippen LogP) is 0.849. The number of ketones is 1. The molecule has 0 fully saturated rings. The van der Waals surface area contributed by atoms with Crippen LogP contribution in [-0.4, -0.2) is 27.9 Å². The maximum absolute atomic E-state index is 12.2. The number of nitrogen functional groups attached to an aromatic ring is 1. The van der Waals surface area contributed by atoms with Gasteiger partial charge in [-0.15, -0.1) is 0 Å². The number of esters is 1. The molecule has 0 saturated heterocycles. The van der Waals surface area contributed by atoms with Gasteiger partial charge in [-0.3, -0.25) is 19.1 Å². The molecule has 2 aromatic carbocycles. The van der Waals surface area contributed by atoms with Crippen molar-refractivity contribution in [1.29, 1.82) is 0 Å². The highest BCUT2D eigenvalue weighted by Gasteiger charge is 2.20. The van der Waals surface area contributed by atoms with Crippen molar-refractivity contribution >= 4 is 28.3 Å². The van der Waals surface area contributed by atoms with Crippen molar-refractivity contribution in [2.24, 2.45) is 7.05 Å². The number of aromatic amines is 1. The molecule has 8 heteroatoms. The molecule has 0 atom stereocenters. The molecule has 0 amide bonds. The quantitative estimate of drug-likeness (QED) is 0.529. The summed E-state index contributed by atoms with van der Waals surface area (Å²) < 4.78 is 5.92. The maximum Gasteiger partial charge on any atom is 0.338 e. The van der Waals surface area contributed by atoms with Crippen molar-refractivity contribution in [2.45, 2.75) is 0 Å². The topological polar surface area (TPSA) is 124 Å². The lowest BCUT2D eigenvalue weighted by Crippen LogP contribution is -2.35. The number of hydrogen-bond acceptors (Lipinski definition) is 6. The molecule has 0 unspecified atom stereocenters. The van der Waals surface area contributed by atoms with E-state index in [1.54, 1.807) is 18.2 Å². The van der Waals surface area contributed by atoms with Gasteiger partial charge in [-0.25, -0.2) is 9.59 Å². The number of hydrogen-bond donors (Lipinski definition) is 2. The third kappa shape index (κ3) is 3.12. The van der Waals surface area contributed by atoms with Crippen molar-refractivity contribution in [2.75, 3.05) is 12.3 Å². The fourth-order valence-electron chi connectivity index (χ4n) is 2.51. The zero-order chi connectivity index (χ0) is 18.8. The van der Waals surface area contributed by atoms with Crippen LogP contribution in [0, 0.1) is 0 Å². The number of aromatic nitrogens is 2. The molecule has 0 radical (unpaired) electrons. The van der Waals surface area contributed by atoms with E-state index in [2.05, 4.69) is 0 Å². The Morgan fingerprint density at radius 1 is 1.12 bits per heavy atom. The minimum Gasteiger partial charge on any atom is -0.454 e. The number of benzene rings is 2. The van der Waals surface area contributed by atoms with Crippen molar-refractivity contribution in [3.63, 3.8) is 0 Å². The van der Waals surface area contributed by atoms with Gasteiger partial charge in [0.15, 0.2) is 6.61 Å². The highest BCUT2D eigenvalue weighted by molar-refractivity contribution is 6.02. The number of carbonyl (C=O) groups excluding carboxylic acids is 2. The van der Waals surface area contributed by atoms with Gasteiger partial charge in [-0.1, -0.05) is 30.3 Å². The van der Waals surface area contributed by atoms with Crippen LogP contribution in [0.4, 0.5) is 5.82 Å². The normalized spacial score (nSPS) is 10.7. The number of Topliss-reactive ketones (excluding diaryl/α,β-unsaturated/α-hetero) is 1. The van der Waals surface area contributed by atoms with Crippen LogP contribution in [0.25, 0.3) is 10.8 Å². The van der Waals surface area contributed by atoms with Crippen molar-refractivity contribution < 1.29 is 14.3 Å². The standard InChI is InChI=1S/C18H15N3O5/c1-21-15(19)14(16(23)20-18(21)25)13(22)9-26-17(24)12-7-6-10-4-2-3-5-11(10)8-12/h2-8H,9,19H2,1H3,(H,20,23,25). The molecule has 132 valence electrons. The van der Waals surface area contributed by atoms with Gasteiger partial charge >= 0.3 is 11.7 Å². The Bertz CT molecular complexity index is 1140. The number of H-pyrrole nitrogens is 1. The number of nitrogens with zero attached hydrogens (tertiary/aromatic N) is 1. The van der Waals surface area contributed by atoms with Crippen LogP contribution in [0.2, 0.25) is 0 Å². The first-order valence-corrected chi connectivity index (χ1v) is 7.66. The summed E-state index contributed by atoms with van der Waals surface area (Å²) in [6.07, 6.45) is 0. The van der Waals surface area contributed by atoms with E-state index in [1.807, 2.05) is 29.2 Å². The number of rotatable bonds is 4. The molecule has 0 aliphatic heterocycles. The van der Waals surface area contributed by atoms with Gasteiger partial charge in [0.05, 0.1) is 5.56 Å². The lowest BCUT2D eigenvalue weighted by molar-refractivity contribution is 0.0474. The van der Waals surface area contributed by atoms with E-state index in [4.69, 9.17) is 10.5 Å². The summed E-state index contributed by atoms with van der Waals surface area (Å²) >= 11 is 0. The van der Waals surface area contributed by atoms with E-state index in [0.717, 1.165) is 15.3 Å². The largest absolute Gasteiger partial charge is 0.454 e. The van der Waals surface area contributed by atoms with Crippen molar-refractivity contribution in [1.82, 2.24) is 9.55 Å². The zero-order valence-corrected chi connectivity index (χ0v) is 13.8. The number of anilines is 1. The number of nitrogens with two attached hydrogens (primary N) is 1. The van der Waals surface area contributed by atoms with Crippen LogP contribution in [-0.2, 0) is 11.8 Å². The van der Waals surface area contributed by atoms with Gasteiger partial charge in [-0.2, -0.15) is 0 Å². The summed E-state index contributed by atoms with van der Waals surface area (Å²) in [5, 5.41) is 1.82. The van der Waals surface area contributed by atoms with E-state index in [0.29, 0.717) is 0 Å². The molecule has 8 nitrogen and oxygen atoms in total. The number of nitrogens with one attached hydrogen (secondary N) is 1. The van der Waals surface area contributed by atoms with E-state index in [9.17, 15) is 19.2 Å². The monoisotopic (exact) mass is 353 g/mol. The Hall–Kier alpha value is -3.68. The second-order valence-corrected chi connectivity index (χ2v) is 5.64. The Balaban J connectivity index is 1.79. The van der Waals surface area contributed by atoms with Gasteiger partial charge in [0.25, 0.3) is 5.56 Å². The van der Waals surface area contributed by atoms with Gasteiger partial charge < -0.3 is 10.5 Å². The fraction of sp³-hybridized carbons (Fsp3) is 0.111. The van der Waals surface area contributed by atoms with E-state index >= 15 is 0 Å². The highest BCUT2D eigenvalue weighted by atomic mass is 16.5. The van der Waals surface area contributed by atoms with Crippen LogP contribution in [0.3, 0.4) is 0 Å². The molecule has 3 aromatic rings. The lowest BCUT2D eigenvalue weighted by atomic mass is 10.1. The molecule has 1 heterocycles. The van der Waals surface area contributed by atoms with Crippen molar-refractivity contribution in [3.05, 3.63) is 74.4 Å². The van der Waals surface area contributed by atoms with Crippen LogP contribution in [0.15, 0.2) is 52.1 Å². The number of fused-ring (bicyclic) bond motifs is 1. The number of carbonyl (C=O) groups is 2. The Morgan fingerprint density at radius 2 is 1.81 bits per heavy atom. The summed E-state index contributed by atoms with van der Waals surface area (Å²) in [6.45, 7) is -0.670. The Morgan fingerprint density at radius 3 is 2.54 bits per heavy atom. The van der Waals surface area contributed by atoms with E-state index in [-0.39, 0.29) is 11.4 Å². The molecule has 3 rings (SSSR count). The summed E-state index contributed by atoms with van der Waals surface area (Å²) in [5.74, 6) is -1.79. The van der Waals surface area contributed by atoms with Crippen molar-refractivity contribution in [3.8, 4) is 0 Å². The average Bonchev–Trinajstić information content (AvgIpc) is 2.63. The average molecular weight is 353 g/mol.